The van der Waals surface area contributed by atoms with Gasteiger partial charge in [0, 0.05) is 0 Å². The molecule has 0 unspecified atom stereocenters. The minimum absolute atomic E-state index is 1.58. The van der Waals surface area contributed by atoms with E-state index in [4.69, 9.17) is 44.6 Å². The van der Waals surface area contributed by atoms with Gasteiger partial charge in [-0.25, -0.2) is 0 Å². The summed E-state index contributed by atoms with van der Waals surface area (Å²) in [6.45, 7) is 0. The van der Waals surface area contributed by atoms with Gasteiger partial charge in [0.05, 0.1) is 0 Å². The van der Waals surface area contributed by atoms with E-state index in [1.165, 1.54) is 0 Å². The van der Waals surface area contributed by atoms with Gasteiger partial charge >= 0.3 is 20.8 Å². The zero-order valence-electron chi connectivity index (χ0n) is 5.84. The van der Waals surface area contributed by atoms with Gasteiger partial charge in [0.1, 0.15) is 0 Å². The van der Waals surface area contributed by atoms with E-state index in [0.29, 0.717) is 0 Å². The molecule has 6 N–H and O–H groups in total. The SMILES string of the molecule is O=S(=O)(O)O.O=S(=O)(O)O.O[SiH2]O. The Bertz CT molecular complexity index is 222. The Morgan fingerprint density at radius 1 is 0.692 bits per heavy atom. The van der Waals surface area contributed by atoms with Crippen molar-refractivity contribution in [2.75, 3.05) is 0 Å². The van der Waals surface area contributed by atoms with Crippen LogP contribution in [0.2, 0.25) is 0 Å². The first-order valence-electron chi connectivity index (χ1n) is 2.03. The Balaban J connectivity index is -0.000000120. The van der Waals surface area contributed by atoms with Gasteiger partial charge in [-0.05, 0) is 0 Å². The van der Waals surface area contributed by atoms with Crippen molar-refractivity contribution in [3.63, 3.8) is 0 Å². The van der Waals surface area contributed by atoms with Crippen LogP contribution in [-0.4, -0.2) is 54.6 Å². The zero-order chi connectivity index (χ0) is 11.7. The fourth-order valence-electron chi connectivity index (χ4n) is 0. The number of rotatable bonds is 0. The molecule has 0 aliphatic rings. The van der Waals surface area contributed by atoms with Crippen LogP contribution in [0.1, 0.15) is 0 Å². The highest BCUT2D eigenvalue weighted by atomic mass is 32.3. The highest BCUT2D eigenvalue weighted by Gasteiger charge is 1.85. The fourth-order valence-corrected chi connectivity index (χ4v) is 0. The molecule has 0 saturated carbocycles. The topological polar surface area (TPSA) is 190 Å². The molecule has 0 saturated heterocycles. The first-order chi connectivity index (χ1) is 5.41. The average Bonchev–Trinajstić information content (AvgIpc) is 1.52. The molecule has 13 heavy (non-hydrogen) atoms. The molecular weight excluding hydrogens is 252 g/mol. The maximum Gasteiger partial charge on any atom is 0.394 e. The quantitative estimate of drug-likeness (QED) is 0.189. The minimum Gasteiger partial charge on any atom is -0.415 e. The van der Waals surface area contributed by atoms with Gasteiger partial charge in [0.25, 0.3) is 10.0 Å². The molecule has 0 spiro atoms. The summed E-state index contributed by atoms with van der Waals surface area (Å²) in [5, 5.41) is 0. The summed E-state index contributed by atoms with van der Waals surface area (Å²) in [4.78, 5) is 14.5. The average molecular weight is 260 g/mol. The lowest BCUT2D eigenvalue weighted by Gasteiger charge is -1.68. The smallest absolute Gasteiger partial charge is 0.394 e. The zero-order valence-corrected chi connectivity index (χ0v) is 8.89. The summed E-state index contributed by atoms with van der Waals surface area (Å²) in [6, 6.07) is 0. The standard InChI is InChI=1S/2H2O4S.H4O2Si/c2*1-5(2,3)4;1-3-2/h2*(H2,1,2,3,4);1-2H,3H2. The summed E-state index contributed by atoms with van der Waals surface area (Å²) in [6.07, 6.45) is 0. The molecule has 0 aromatic rings. The summed E-state index contributed by atoms with van der Waals surface area (Å²) in [5.41, 5.74) is 0. The van der Waals surface area contributed by atoms with Gasteiger partial charge in [-0.1, -0.05) is 0 Å². The van der Waals surface area contributed by atoms with Crippen molar-refractivity contribution in [1.29, 1.82) is 0 Å². The molecule has 84 valence electrons. The van der Waals surface area contributed by atoms with E-state index in [1.807, 2.05) is 0 Å². The van der Waals surface area contributed by atoms with Crippen molar-refractivity contribution in [2.24, 2.45) is 0 Å². The van der Waals surface area contributed by atoms with Gasteiger partial charge in [0.15, 0.2) is 0 Å². The van der Waals surface area contributed by atoms with Gasteiger partial charge in [-0.15, -0.1) is 0 Å². The van der Waals surface area contributed by atoms with Crippen molar-refractivity contribution < 1.29 is 44.6 Å². The molecule has 0 heterocycles. The van der Waals surface area contributed by atoms with Crippen molar-refractivity contribution in [3.8, 4) is 0 Å². The second-order valence-electron chi connectivity index (χ2n) is 1.04. The van der Waals surface area contributed by atoms with E-state index in [0.717, 1.165) is 0 Å². The predicted molar refractivity (Wildman–Crippen MR) is 41.3 cm³/mol. The van der Waals surface area contributed by atoms with Crippen LogP contribution >= 0.6 is 0 Å². The summed E-state index contributed by atoms with van der Waals surface area (Å²) in [5.74, 6) is 0. The maximum absolute atomic E-state index is 8.74. The Kier molecular flexibility index (Phi) is 12.1. The molecule has 0 aliphatic heterocycles. The van der Waals surface area contributed by atoms with Crippen molar-refractivity contribution in [2.45, 2.75) is 0 Å². The van der Waals surface area contributed by atoms with Crippen LogP contribution in [0.3, 0.4) is 0 Å². The van der Waals surface area contributed by atoms with Crippen LogP contribution in [0.4, 0.5) is 0 Å². The molecule has 13 heteroatoms. The molecule has 0 aliphatic carbocycles. The fraction of sp³-hybridized carbons (Fsp3) is 0. The number of hydrogen-bond acceptors (Lipinski definition) is 6. The summed E-state index contributed by atoms with van der Waals surface area (Å²) in [7, 11) is -10.9. The van der Waals surface area contributed by atoms with E-state index in [1.54, 1.807) is 0 Å². The van der Waals surface area contributed by atoms with Gasteiger partial charge < -0.3 is 9.59 Å². The maximum atomic E-state index is 8.74. The molecule has 0 rings (SSSR count). The van der Waals surface area contributed by atoms with Crippen LogP contribution in [0.15, 0.2) is 0 Å². The normalized spacial score (nSPS) is 10.3. The monoisotopic (exact) mass is 260 g/mol. The second-order valence-corrected chi connectivity index (χ2v) is 3.11. The molecule has 0 aromatic carbocycles. The third-order valence-electron chi connectivity index (χ3n) is 0. The van der Waals surface area contributed by atoms with Crippen LogP contribution in [0, 0.1) is 0 Å². The first kappa shape index (κ1) is 18.6. The Morgan fingerprint density at radius 2 is 0.692 bits per heavy atom. The van der Waals surface area contributed by atoms with E-state index in [9.17, 15) is 0 Å². The molecule has 10 nitrogen and oxygen atoms in total. The van der Waals surface area contributed by atoms with Crippen LogP contribution in [0.5, 0.6) is 0 Å². The molecule has 0 radical (unpaired) electrons. The van der Waals surface area contributed by atoms with Crippen LogP contribution in [0.25, 0.3) is 0 Å². The largest absolute Gasteiger partial charge is 0.415 e. The lowest BCUT2D eigenvalue weighted by molar-refractivity contribution is 0.378. The number of hydrogen-bond donors (Lipinski definition) is 6. The highest BCUT2D eigenvalue weighted by Crippen LogP contribution is 1.59. The first-order valence-corrected chi connectivity index (χ1v) is 6.09. The van der Waals surface area contributed by atoms with Gasteiger partial charge in [0.2, 0.25) is 0 Å². The van der Waals surface area contributed by atoms with E-state index in [-0.39, 0.29) is 0 Å². The molecule has 0 atom stereocenters. The third kappa shape index (κ3) is 76400. The predicted octanol–water partition coefficient (Wildman–Crippen LogP) is -3.34. The summed E-state index contributed by atoms with van der Waals surface area (Å²) >= 11 is 0. The molecular formula is H8O10S2Si. The molecule has 0 aromatic heterocycles. The Morgan fingerprint density at radius 3 is 0.692 bits per heavy atom. The van der Waals surface area contributed by atoms with Crippen LogP contribution in [-0.2, 0) is 20.8 Å². The van der Waals surface area contributed by atoms with Crippen molar-refractivity contribution in [3.05, 3.63) is 0 Å². The highest BCUT2D eigenvalue weighted by molar-refractivity contribution is 7.80. The van der Waals surface area contributed by atoms with Crippen molar-refractivity contribution in [1.82, 2.24) is 0 Å². The minimum atomic E-state index is -4.67. The molecule has 0 amide bonds. The Labute approximate surface area is 76.1 Å². The van der Waals surface area contributed by atoms with Crippen LogP contribution < -0.4 is 0 Å². The van der Waals surface area contributed by atoms with Crippen molar-refractivity contribution >= 4 is 30.8 Å². The summed E-state index contributed by atoms with van der Waals surface area (Å²) < 4.78 is 63.2. The third-order valence-corrected chi connectivity index (χ3v) is 0. The lowest BCUT2D eigenvalue weighted by Crippen LogP contribution is -1.89. The van der Waals surface area contributed by atoms with Gasteiger partial charge in [-0.3, -0.25) is 18.2 Å². The van der Waals surface area contributed by atoms with E-state index < -0.39 is 30.8 Å². The second kappa shape index (κ2) is 8.47. The molecule has 0 fully saturated rings. The van der Waals surface area contributed by atoms with E-state index in [2.05, 4.69) is 0 Å². The van der Waals surface area contributed by atoms with Gasteiger partial charge in [-0.2, -0.15) is 16.8 Å². The lowest BCUT2D eigenvalue weighted by atomic mass is 15.8. The molecule has 0 bridgehead atoms. The van der Waals surface area contributed by atoms with E-state index >= 15 is 0 Å². The Hall–Kier alpha value is -0.123.